The van der Waals surface area contributed by atoms with Crippen molar-refractivity contribution in [2.75, 3.05) is 25.4 Å². The van der Waals surface area contributed by atoms with Crippen LogP contribution in [0.3, 0.4) is 0 Å². The average molecular weight is 297 g/mol. The lowest BCUT2D eigenvalue weighted by molar-refractivity contribution is -0.384. The predicted molar refractivity (Wildman–Crippen MR) is 80.0 cm³/mol. The number of non-ortho nitro benzene ring substituents is 1. The molecule has 1 aromatic carbocycles. The van der Waals surface area contributed by atoms with E-state index in [-0.39, 0.29) is 11.6 Å². The molecule has 0 fully saturated rings. The highest BCUT2D eigenvalue weighted by molar-refractivity contribution is 8.00. The van der Waals surface area contributed by atoms with Gasteiger partial charge < -0.3 is 10.6 Å². The first-order chi connectivity index (χ1) is 9.63. The van der Waals surface area contributed by atoms with Gasteiger partial charge in [0.15, 0.2) is 0 Å². The molecule has 1 rings (SSSR count). The van der Waals surface area contributed by atoms with Crippen LogP contribution in [0.15, 0.2) is 29.2 Å². The summed E-state index contributed by atoms with van der Waals surface area (Å²) < 4.78 is 0. The number of nitrogens with one attached hydrogen (secondary N) is 2. The van der Waals surface area contributed by atoms with E-state index in [4.69, 9.17) is 0 Å². The molecule has 7 heteroatoms. The van der Waals surface area contributed by atoms with Crippen molar-refractivity contribution in [3.63, 3.8) is 0 Å². The van der Waals surface area contributed by atoms with Gasteiger partial charge in [0.1, 0.15) is 0 Å². The SMILES string of the molecule is CCCNCCNC(=O)CSc1ccc([N+](=O)[O-])cc1. The van der Waals surface area contributed by atoms with Crippen molar-refractivity contribution in [2.45, 2.75) is 18.2 Å². The Morgan fingerprint density at radius 2 is 1.95 bits per heavy atom. The molecular weight excluding hydrogens is 278 g/mol. The standard InChI is InChI=1S/C13H19N3O3S/c1-2-7-14-8-9-15-13(17)10-20-12-5-3-11(4-6-12)16(18)19/h3-6,14H,2,7-10H2,1H3,(H,15,17). The second-order valence-electron chi connectivity index (χ2n) is 4.14. The zero-order chi connectivity index (χ0) is 14.8. The summed E-state index contributed by atoms with van der Waals surface area (Å²) >= 11 is 1.36. The lowest BCUT2D eigenvalue weighted by Gasteiger charge is -2.06. The number of carbonyl (C=O) groups excluding carboxylic acids is 1. The second kappa shape index (κ2) is 9.33. The summed E-state index contributed by atoms with van der Waals surface area (Å²) in [4.78, 5) is 22.5. The molecule has 0 atom stereocenters. The zero-order valence-electron chi connectivity index (χ0n) is 11.4. The minimum absolute atomic E-state index is 0.0355. The average Bonchev–Trinajstić information content (AvgIpc) is 2.45. The van der Waals surface area contributed by atoms with E-state index >= 15 is 0 Å². The number of amides is 1. The highest BCUT2D eigenvalue weighted by Crippen LogP contribution is 2.20. The fourth-order valence-electron chi connectivity index (χ4n) is 1.46. The van der Waals surface area contributed by atoms with Gasteiger partial charge in [0.05, 0.1) is 10.7 Å². The molecular formula is C13H19N3O3S. The van der Waals surface area contributed by atoms with E-state index in [9.17, 15) is 14.9 Å². The monoisotopic (exact) mass is 297 g/mol. The third-order valence-electron chi connectivity index (χ3n) is 2.47. The molecule has 0 spiro atoms. The van der Waals surface area contributed by atoms with Gasteiger partial charge in [-0.05, 0) is 25.1 Å². The summed E-state index contributed by atoms with van der Waals surface area (Å²) in [6, 6.07) is 6.18. The number of nitrogens with zero attached hydrogens (tertiary/aromatic N) is 1. The Balaban J connectivity index is 2.22. The summed E-state index contributed by atoms with van der Waals surface area (Å²) in [5.74, 6) is 0.276. The van der Waals surface area contributed by atoms with Gasteiger partial charge in [-0.25, -0.2) is 0 Å². The number of hydrogen-bond acceptors (Lipinski definition) is 5. The van der Waals surface area contributed by atoms with Gasteiger partial charge in [-0.1, -0.05) is 6.92 Å². The Hall–Kier alpha value is -1.60. The molecule has 2 N–H and O–H groups in total. The quantitative estimate of drug-likeness (QED) is 0.314. The number of nitro benzene ring substituents is 1. The molecule has 0 aliphatic rings. The van der Waals surface area contributed by atoms with Crippen LogP contribution >= 0.6 is 11.8 Å². The molecule has 1 aromatic rings. The van der Waals surface area contributed by atoms with Gasteiger partial charge in [0.25, 0.3) is 5.69 Å². The first-order valence-electron chi connectivity index (χ1n) is 6.48. The van der Waals surface area contributed by atoms with Crippen LogP contribution in [-0.2, 0) is 4.79 Å². The van der Waals surface area contributed by atoms with Gasteiger partial charge in [0.2, 0.25) is 5.91 Å². The van der Waals surface area contributed by atoms with Crippen molar-refractivity contribution in [3.05, 3.63) is 34.4 Å². The minimum atomic E-state index is -0.440. The number of nitro groups is 1. The van der Waals surface area contributed by atoms with Gasteiger partial charge in [-0.15, -0.1) is 11.8 Å². The molecule has 0 saturated carbocycles. The predicted octanol–water partition coefficient (Wildman–Crippen LogP) is 1.80. The first-order valence-corrected chi connectivity index (χ1v) is 7.46. The normalized spacial score (nSPS) is 10.2. The van der Waals surface area contributed by atoms with Crippen LogP contribution in [0.25, 0.3) is 0 Å². The van der Waals surface area contributed by atoms with Crippen LogP contribution in [0, 0.1) is 10.1 Å². The Morgan fingerprint density at radius 1 is 1.25 bits per heavy atom. The van der Waals surface area contributed by atoms with Gasteiger partial charge >= 0.3 is 0 Å². The van der Waals surface area contributed by atoms with Crippen molar-refractivity contribution in [1.82, 2.24) is 10.6 Å². The van der Waals surface area contributed by atoms with Crippen LogP contribution in [0.2, 0.25) is 0 Å². The van der Waals surface area contributed by atoms with Crippen molar-refractivity contribution in [2.24, 2.45) is 0 Å². The number of thioether (sulfide) groups is 1. The van der Waals surface area contributed by atoms with E-state index in [2.05, 4.69) is 17.6 Å². The Bertz CT molecular complexity index is 437. The van der Waals surface area contributed by atoms with Gasteiger partial charge in [-0.2, -0.15) is 0 Å². The highest BCUT2D eigenvalue weighted by atomic mass is 32.2. The summed E-state index contributed by atoms with van der Waals surface area (Å²) in [6.07, 6.45) is 1.07. The summed E-state index contributed by atoms with van der Waals surface area (Å²) in [5.41, 5.74) is 0.0563. The van der Waals surface area contributed by atoms with Crippen molar-refractivity contribution in [1.29, 1.82) is 0 Å². The Kier molecular flexibility index (Phi) is 7.67. The maximum absolute atomic E-state index is 11.6. The topological polar surface area (TPSA) is 84.3 Å². The zero-order valence-corrected chi connectivity index (χ0v) is 12.2. The molecule has 20 heavy (non-hydrogen) atoms. The molecule has 6 nitrogen and oxygen atoms in total. The molecule has 0 heterocycles. The lowest BCUT2D eigenvalue weighted by atomic mass is 10.3. The minimum Gasteiger partial charge on any atom is -0.354 e. The van der Waals surface area contributed by atoms with Crippen molar-refractivity contribution in [3.8, 4) is 0 Å². The molecule has 1 amide bonds. The van der Waals surface area contributed by atoms with E-state index in [1.807, 2.05) is 0 Å². The Morgan fingerprint density at radius 3 is 2.55 bits per heavy atom. The molecule has 0 saturated heterocycles. The molecule has 0 aliphatic heterocycles. The van der Waals surface area contributed by atoms with Crippen LogP contribution in [0.5, 0.6) is 0 Å². The fourth-order valence-corrected chi connectivity index (χ4v) is 2.18. The third-order valence-corrected chi connectivity index (χ3v) is 3.48. The highest BCUT2D eigenvalue weighted by Gasteiger charge is 2.06. The third kappa shape index (κ3) is 6.53. The number of carbonyl (C=O) groups is 1. The number of benzene rings is 1. The number of hydrogen-bond donors (Lipinski definition) is 2. The van der Waals surface area contributed by atoms with Crippen molar-refractivity contribution < 1.29 is 9.72 Å². The van der Waals surface area contributed by atoms with E-state index in [1.165, 1.54) is 23.9 Å². The lowest BCUT2D eigenvalue weighted by Crippen LogP contribution is -2.33. The van der Waals surface area contributed by atoms with E-state index in [0.717, 1.165) is 24.4 Å². The molecule has 0 bridgehead atoms. The van der Waals surface area contributed by atoms with Crippen LogP contribution < -0.4 is 10.6 Å². The smallest absolute Gasteiger partial charge is 0.269 e. The van der Waals surface area contributed by atoms with E-state index in [0.29, 0.717) is 12.3 Å². The Labute approximate surface area is 122 Å². The van der Waals surface area contributed by atoms with Crippen LogP contribution in [0.4, 0.5) is 5.69 Å². The first kappa shape index (κ1) is 16.5. The second-order valence-corrected chi connectivity index (χ2v) is 5.19. The summed E-state index contributed by atoms with van der Waals surface area (Å²) in [7, 11) is 0. The van der Waals surface area contributed by atoms with Crippen molar-refractivity contribution >= 4 is 23.4 Å². The van der Waals surface area contributed by atoms with Gasteiger partial charge in [0, 0.05) is 30.1 Å². The maximum Gasteiger partial charge on any atom is 0.269 e. The molecule has 0 radical (unpaired) electrons. The summed E-state index contributed by atoms with van der Waals surface area (Å²) in [5, 5.41) is 16.5. The van der Waals surface area contributed by atoms with Crippen LogP contribution in [0.1, 0.15) is 13.3 Å². The largest absolute Gasteiger partial charge is 0.354 e. The summed E-state index contributed by atoms with van der Waals surface area (Å²) in [6.45, 7) is 4.42. The number of rotatable bonds is 9. The van der Waals surface area contributed by atoms with E-state index < -0.39 is 4.92 Å². The van der Waals surface area contributed by atoms with E-state index in [1.54, 1.807) is 12.1 Å². The molecule has 0 unspecified atom stereocenters. The molecule has 0 aliphatic carbocycles. The van der Waals surface area contributed by atoms with Gasteiger partial charge in [-0.3, -0.25) is 14.9 Å². The van der Waals surface area contributed by atoms with Crippen LogP contribution in [-0.4, -0.2) is 36.2 Å². The fraction of sp³-hybridized carbons (Fsp3) is 0.462. The maximum atomic E-state index is 11.6. The molecule has 110 valence electrons. The molecule has 0 aromatic heterocycles.